The fourth-order valence-electron chi connectivity index (χ4n) is 4.11. The van der Waals surface area contributed by atoms with Crippen molar-refractivity contribution in [3.8, 4) is 0 Å². The van der Waals surface area contributed by atoms with E-state index in [9.17, 15) is 9.59 Å². The molecule has 1 aromatic heterocycles. The molecule has 8 nitrogen and oxygen atoms in total. The number of carbonyl (C=O) groups excluding carboxylic acids is 2. The number of nitrogens with zero attached hydrogens (tertiary/aromatic N) is 3. The van der Waals surface area contributed by atoms with Gasteiger partial charge in [-0.25, -0.2) is 4.68 Å². The van der Waals surface area contributed by atoms with Crippen molar-refractivity contribution in [1.82, 2.24) is 20.3 Å². The summed E-state index contributed by atoms with van der Waals surface area (Å²) in [7, 11) is 0. The lowest BCUT2D eigenvalue weighted by molar-refractivity contribution is -0.120. The van der Waals surface area contributed by atoms with Crippen LogP contribution in [-0.2, 0) is 4.79 Å². The highest BCUT2D eigenvalue weighted by Crippen LogP contribution is 2.25. The topological polar surface area (TPSA) is 101 Å². The van der Waals surface area contributed by atoms with Crippen LogP contribution in [0.2, 0.25) is 0 Å². The molecule has 29 heavy (non-hydrogen) atoms. The molecule has 154 valence electrons. The van der Waals surface area contributed by atoms with Crippen LogP contribution < -0.4 is 16.0 Å². The summed E-state index contributed by atoms with van der Waals surface area (Å²) in [5, 5.41) is 17.3. The molecule has 8 heteroatoms. The molecule has 2 fully saturated rings. The smallest absolute Gasteiger partial charge is 0.277 e. The average molecular weight is 396 g/mol. The quantitative estimate of drug-likeness (QED) is 0.721. The SMILES string of the molecule is O=C(Nc1cccc(NC(=O)C2CCCCC2)c1)c1cn(C2CCNCC2)nn1. The minimum Gasteiger partial charge on any atom is -0.326 e. The van der Waals surface area contributed by atoms with E-state index in [0.717, 1.165) is 51.6 Å². The predicted octanol–water partition coefficient (Wildman–Crippen LogP) is 2.97. The average Bonchev–Trinajstić information content (AvgIpc) is 3.26. The lowest BCUT2D eigenvalue weighted by Crippen LogP contribution is -2.29. The molecule has 1 saturated carbocycles. The van der Waals surface area contributed by atoms with E-state index < -0.39 is 0 Å². The number of nitrogens with one attached hydrogen (secondary N) is 3. The van der Waals surface area contributed by atoms with E-state index >= 15 is 0 Å². The zero-order valence-electron chi connectivity index (χ0n) is 16.6. The number of hydrogen-bond donors (Lipinski definition) is 3. The highest BCUT2D eigenvalue weighted by Gasteiger charge is 2.21. The van der Waals surface area contributed by atoms with Gasteiger partial charge < -0.3 is 16.0 Å². The highest BCUT2D eigenvalue weighted by molar-refractivity contribution is 6.03. The number of piperidine rings is 1. The number of carbonyl (C=O) groups is 2. The third-order valence-electron chi connectivity index (χ3n) is 5.79. The van der Waals surface area contributed by atoms with Crippen molar-refractivity contribution in [3.05, 3.63) is 36.2 Å². The van der Waals surface area contributed by atoms with Crippen LogP contribution in [-0.4, -0.2) is 39.9 Å². The summed E-state index contributed by atoms with van der Waals surface area (Å²) in [5.74, 6) is -0.147. The number of amides is 2. The molecule has 1 aromatic carbocycles. The van der Waals surface area contributed by atoms with Gasteiger partial charge in [-0.1, -0.05) is 30.5 Å². The molecular formula is C21H28N6O2. The molecule has 0 spiro atoms. The Kier molecular flexibility index (Phi) is 6.19. The molecule has 1 aliphatic carbocycles. The predicted molar refractivity (Wildman–Crippen MR) is 111 cm³/mol. The normalized spacial score (nSPS) is 18.3. The van der Waals surface area contributed by atoms with Crippen molar-refractivity contribution in [3.63, 3.8) is 0 Å². The molecule has 0 atom stereocenters. The Morgan fingerprint density at radius 2 is 1.72 bits per heavy atom. The molecule has 2 aliphatic rings. The Morgan fingerprint density at radius 3 is 2.48 bits per heavy atom. The largest absolute Gasteiger partial charge is 0.326 e. The van der Waals surface area contributed by atoms with Gasteiger partial charge in [0.2, 0.25) is 5.91 Å². The summed E-state index contributed by atoms with van der Waals surface area (Å²) in [4.78, 5) is 25.0. The van der Waals surface area contributed by atoms with Gasteiger partial charge in [-0.2, -0.15) is 0 Å². The van der Waals surface area contributed by atoms with E-state index in [1.807, 2.05) is 12.1 Å². The zero-order chi connectivity index (χ0) is 20.1. The Hall–Kier alpha value is -2.74. The molecule has 2 amide bonds. The molecule has 2 aromatic rings. The van der Waals surface area contributed by atoms with E-state index in [1.54, 1.807) is 23.0 Å². The number of hydrogen-bond acceptors (Lipinski definition) is 5. The minimum atomic E-state index is -0.305. The van der Waals surface area contributed by atoms with Crippen LogP contribution in [0.25, 0.3) is 0 Å². The Morgan fingerprint density at radius 1 is 1.00 bits per heavy atom. The van der Waals surface area contributed by atoms with Crippen molar-refractivity contribution in [2.24, 2.45) is 5.92 Å². The summed E-state index contributed by atoms with van der Waals surface area (Å²) >= 11 is 0. The maximum Gasteiger partial charge on any atom is 0.277 e. The minimum absolute atomic E-state index is 0.0677. The Labute approximate surface area is 170 Å². The van der Waals surface area contributed by atoms with Crippen LogP contribution in [0.15, 0.2) is 30.5 Å². The summed E-state index contributed by atoms with van der Waals surface area (Å²) in [6, 6.07) is 7.51. The van der Waals surface area contributed by atoms with E-state index in [1.165, 1.54) is 6.42 Å². The van der Waals surface area contributed by atoms with Crippen LogP contribution >= 0.6 is 0 Å². The summed E-state index contributed by atoms with van der Waals surface area (Å²) in [6.45, 7) is 1.90. The van der Waals surface area contributed by atoms with Crippen molar-refractivity contribution in [2.75, 3.05) is 23.7 Å². The third kappa shape index (κ3) is 5.00. The highest BCUT2D eigenvalue weighted by atomic mass is 16.2. The maximum absolute atomic E-state index is 12.6. The standard InChI is InChI=1S/C21H28N6O2/c28-20(15-5-2-1-3-6-15)23-16-7-4-8-17(13-16)24-21(29)19-14-27(26-25-19)18-9-11-22-12-10-18/h4,7-8,13-15,18,22H,1-3,5-6,9-12H2,(H,23,28)(H,24,29). The zero-order valence-corrected chi connectivity index (χ0v) is 16.6. The number of rotatable bonds is 5. The van der Waals surface area contributed by atoms with E-state index in [-0.39, 0.29) is 23.8 Å². The van der Waals surface area contributed by atoms with Gasteiger partial charge in [0.05, 0.1) is 12.2 Å². The van der Waals surface area contributed by atoms with Gasteiger partial charge in [0.1, 0.15) is 0 Å². The monoisotopic (exact) mass is 396 g/mol. The fraction of sp³-hybridized carbons (Fsp3) is 0.524. The van der Waals surface area contributed by atoms with Gasteiger partial charge in [-0.15, -0.1) is 5.10 Å². The van der Waals surface area contributed by atoms with Crippen LogP contribution in [0, 0.1) is 5.92 Å². The fourth-order valence-corrected chi connectivity index (χ4v) is 4.11. The molecule has 1 saturated heterocycles. The third-order valence-corrected chi connectivity index (χ3v) is 5.79. The van der Waals surface area contributed by atoms with Gasteiger partial charge >= 0.3 is 0 Å². The van der Waals surface area contributed by atoms with Gasteiger partial charge in [0.15, 0.2) is 5.69 Å². The molecule has 0 unspecified atom stereocenters. The van der Waals surface area contributed by atoms with Gasteiger partial charge in [0, 0.05) is 17.3 Å². The first-order valence-corrected chi connectivity index (χ1v) is 10.5. The van der Waals surface area contributed by atoms with Crippen LogP contribution in [0.4, 0.5) is 11.4 Å². The lowest BCUT2D eigenvalue weighted by Gasteiger charge is -2.22. The lowest BCUT2D eigenvalue weighted by atomic mass is 9.88. The summed E-state index contributed by atoms with van der Waals surface area (Å²) < 4.78 is 1.79. The molecular weight excluding hydrogens is 368 g/mol. The number of anilines is 2. The summed E-state index contributed by atoms with van der Waals surface area (Å²) in [6.07, 6.45) is 9.02. The van der Waals surface area contributed by atoms with Crippen molar-refractivity contribution < 1.29 is 9.59 Å². The first-order chi connectivity index (χ1) is 14.2. The summed E-state index contributed by atoms with van der Waals surface area (Å²) in [5.41, 5.74) is 1.60. The van der Waals surface area contributed by atoms with Crippen molar-refractivity contribution in [2.45, 2.75) is 51.0 Å². The van der Waals surface area contributed by atoms with E-state index in [2.05, 4.69) is 26.3 Å². The Balaban J connectivity index is 1.36. The molecule has 3 N–H and O–H groups in total. The van der Waals surface area contributed by atoms with Gasteiger partial charge in [-0.05, 0) is 57.0 Å². The maximum atomic E-state index is 12.6. The first kappa shape index (κ1) is 19.6. The van der Waals surface area contributed by atoms with Crippen LogP contribution in [0.5, 0.6) is 0 Å². The van der Waals surface area contributed by atoms with Gasteiger partial charge in [0.25, 0.3) is 5.91 Å². The molecule has 0 bridgehead atoms. The van der Waals surface area contributed by atoms with Crippen LogP contribution in [0.1, 0.15) is 61.5 Å². The van der Waals surface area contributed by atoms with Crippen molar-refractivity contribution in [1.29, 1.82) is 0 Å². The molecule has 1 aliphatic heterocycles. The van der Waals surface area contributed by atoms with Crippen LogP contribution in [0.3, 0.4) is 0 Å². The second-order valence-electron chi connectivity index (χ2n) is 7.92. The van der Waals surface area contributed by atoms with E-state index in [0.29, 0.717) is 17.1 Å². The first-order valence-electron chi connectivity index (χ1n) is 10.5. The van der Waals surface area contributed by atoms with Crippen molar-refractivity contribution >= 4 is 23.2 Å². The second kappa shape index (κ2) is 9.17. The van der Waals surface area contributed by atoms with E-state index in [4.69, 9.17) is 0 Å². The molecule has 4 rings (SSSR count). The number of benzene rings is 1. The number of aromatic nitrogens is 3. The molecule has 0 radical (unpaired) electrons. The second-order valence-corrected chi connectivity index (χ2v) is 7.92. The molecule has 2 heterocycles. The van der Waals surface area contributed by atoms with Gasteiger partial charge in [-0.3, -0.25) is 9.59 Å². The Bertz CT molecular complexity index is 852.